The van der Waals surface area contributed by atoms with E-state index in [4.69, 9.17) is 5.73 Å². The number of carbonyl (C=O) groups is 1. The molecule has 1 heterocycles. The van der Waals surface area contributed by atoms with Gasteiger partial charge in [-0.1, -0.05) is 19.8 Å². The van der Waals surface area contributed by atoms with Gasteiger partial charge < -0.3 is 15.6 Å². The molecule has 1 atom stereocenters. The van der Waals surface area contributed by atoms with Crippen molar-refractivity contribution in [2.45, 2.75) is 32.2 Å². The van der Waals surface area contributed by atoms with Crippen molar-refractivity contribution in [3.05, 3.63) is 34.2 Å². The zero-order valence-electron chi connectivity index (χ0n) is 11.4. The number of halogens is 1. The number of aromatic nitrogens is 1. The van der Waals surface area contributed by atoms with E-state index >= 15 is 0 Å². The largest absolute Gasteiger partial charge is 0.348 e. The molecule has 1 amide bonds. The van der Waals surface area contributed by atoms with Crippen LogP contribution >= 0.6 is 12.4 Å². The average molecular weight is 288 g/mol. The minimum absolute atomic E-state index is 0. The van der Waals surface area contributed by atoms with E-state index in [2.05, 4.69) is 12.2 Å². The lowest BCUT2D eigenvalue weighted by atomic mass is 10.1. The first-order chi connectivity index (χ1) is 8.58. The number of nitrogens with zero attached hydrogens (tertiary/aromatic N) is 1. The summed E-state index contributed by atoms with van der Waals surface area (Å²) in [5.41, 5.74) is 5.80. The second-order valence-corrected chi connectivity index (χ2v) is 4.41. The van der Waals surface area contributed by atoms with Crippen molar-refractivity contribution in [3.63, 3.8) is 0 Å². The summed E-state index contributed by atoms with van der Waals surface area (Å²) in [7, 11) is 1.65. The quantitative estimate of drug-likeness (QED) is 0.821. The van der Waals surface area contributed by atoms with Crippen molar-refractivity contribution in [2.24, 2.45) is 12.8 Å². The number of nitrogens with one attached hydrogen (secondary N) is 1. The molecule has 0 spiro atoms. The Hall–Kier alpha value is -1.33. The Morgan fingerprint density at radius 2 is 2.21 bits per heavy atom. The third kappa shape index (κ3) is 5.44. The van der Waals surface area contributed by atoms with Crippen molar-refractivity contribution in [1.82, 2.24) is 9.88 Å². The molecule has 5 nitrogen and oxygen atoms in total. The summed E-state index contributed by atoms with van der Waals surface area (Å²) in [5.74, 6) is -0.237. The van der Waals surface area contributed by atoms with Crippen LogP contribution in [0, 0.1) is 0 Å². The molecule has 0 fully saturated rings. The Morgan fingerprint density at radius 3 is 2.74 bits per heavy atom. The third-order valence-corrected chi connectivity index (χ3v) is 2.89. The minimum atomic E-state index is -0.237. The fourth-order valence-electron chi connectivity index (χ4n) is 1.66. The molecule has 1 rings (SSSR count). The molecule has 19 heavy (non-hydrogen) atoms. The van der Waals surface area contributed by atoms with Crippen LogP contribution in [0.2, 0.25) is 0 Å². The highest BCUT2D eigenvalue weighted by Crippen LogP contribution is 2.01. The number of hydrogen-bond acceptors (Lipinski definition) is 3. The monoisotopic (exact) mass is 287 g/mol. The summed E-state index contributed by atoms with van der Waals surface area (Å²) < 4.78 is 1.42. The molecule has 0 aliphatic rings. The number of pyridine rings is 1. The first kappa shape index (κ1) is 17.7. The van der Waals surface area contributed by atoms with Gasteiger partial charge in [0.1, 0.15) is 0 Å². The standard InChI is InChI=1S/C13H21N3O2.ClH/c1-3-4-5-11(9-14)15-13(18)10-6-7-16(2)12(17)8-10;/h6-8,11H,3-5,9,14H2,1-2H3,(H,15,18);1H. The van der Waals surface area contributed by atoms with Crippen LogP contribution < -0.4 is 16.6 Å². The van der Waals surface area contributed by atoms with Crippen molar-refractivity contribution in [2.75, 3.05) is 6.54 Å². The molecule has 0 aliphatic heterocycles. The van der Waals surface area contributed by atoms with Gasteiger partial charge in [0.15, 0.2) is 0 Å². The number of rotatable bonds is 6. The second-order valence-electron chi connectivity index (χ2n) is 4.41. The molecule has 0 saturated heterocycles. The Balaban J connectivity index is 0.00000324. The van der Waals surface area contributed by atoms with Gasteiger partial charge in [0.25, 0.3) is 11.5 Å². The molecule has 0 bridgehead atoms. The maximum Gasteiger partial charge on any atom is 0.251 e. The number of aryl methyl sites for hydroxylation is 1. The zero-order valence-corrected chi connectivity index (χ0v) is 12.2. The van der Waals surface area contributed by atoms with Gasteiger partial charge in [-0.2, -0.15) is 0 Å². The molecule has 0 saturated carbocycles. The molecular formula is C13H22ClN3O2. The topological polar surface area (TPSA) is 77.1 Å². The number of hydrogen-bond donors (Lipinski definition) is 2. The molecule has 0 aromatic carbocycles. The molecule has 1 aromatic rings. The van der Waals surface area contributed by atoms with Crippen LogP contribution in [0.1, 0.15) is 36.5 Å². The maximum absolute atomic E-state index is 11.9. The number of amides is 1. The van der Waals surface area contributed by atoms with Crippen LogP contribution in [-0.2, 0) is 7.05 Å². The predicted octanol–water partition coefficient (Wildman–Crippen LogP) is 1.05. The molecule has 1 unspecified atom stereocenters. The highest BCUT2D eigenvalue weighted by molar-refractivity contribution is 5.94. The lowest BCUT2D eigenvalue weighted by Gasteiger charge is -2.16. The minimum Gasteiger partial charge on any atom is -0.348 e. The van der Waals surface area contributed by atoms with Gasteiger partial charge in [-0.15, -0.1) is 12.4 Å². The van der Waals surface area contributed by atoms with Crippen molar-refractivity contribution in [3.8, 4) is 0 Å². The fourth-order valence-corrected chi connectivity index (χ4v) is 1.66. The van der Waals surface area contributed by atoms with E-state index in [1.807, 2.05) is 0 Å². The van der Waals surface area contributed by atoms with Crippen molar-refractivity contribution < 1.29 is 4.79 Å². The van der Waals surface area contributed by atoms with E-state index in [9.17, 15) is 9.59 Å². The molecule has 6 heteroatoms. The van der Waals surface area contributed by atoms with Gasteiger partial charge in [-0.3, -0.25) is 9.59 Å². The number of unbranched alkanes of at least 4 members (excludes halogenated alkanes) is 1. The summed E-state index contributed by atoms with van der Waals surface area (Å²) >= 11 is 0. The smallest absolute Gasteiger partial charge is 0.251 e. The Morgan fingerprint density at radius 1 is 1.53 bits per heavy atom. The molecule has 3 N–H and O–H groups in total. The van der Waals surface area contributed by atoms with E-state index in [-0.39, 0.29) is 29.9 Å². The van der Waals surface area contributed by atoms with Crippen LogP contribution in [0.5, 0.6) is 0 Å². The van der Waals surface area contributed by atoms with Gasteiger partial charge in [-0.05, 0) is 12.5 Å². The third-order valence-electron chi connectivity index (χ3n) is 2.89. The highest BCUT2D eigenvalue weighted by Gasteiger charge is 2.12. The van der Waals surface area contributed by atoms with Gasteiger partial charge in [0.2, 0.25) is 0 Å². The first-order valence-electron chi connectivity index (χ1n) is 6.26. The van der Waals surface area contributed by atoms with Gasteiger partial charge in [-0.25, -0.2) is 0 Å². The lowest BCUT2D eigenvalue weighted by Crippen LogP contribution is -2.40. The van der Waals surface area contributed by atoms with Crippen LogP contribution in [0.15, 0.2) is 23.1 Å². The SMILES string of the molecule is CCCCC(CN)NC(=O)c1ccn(C)c(=O)c1.Cl. The summed E-state index contributed by atoms with van der Waals surface area (Å²) in [6, 6.07) is 2.94. The molecule has 0 aliphatic carbocycles. The molecule has 1 aromatic heterocycles. The van der Waals surface area contributed by atoms with E-state index in [0.29, 0.717) is 12.1 Å². The van der Waals surface area contributed by atoms with E-state index in [1.54, 1.807) is 19.3 Å². The fraction of sp³-hybridized carbons (Fsp3) is 0.538. The highest BCUT2D eigenvalue weighted by atomic mass is 35.5. The maximum atomic E-state index is 11.9. The van der Waals surface area contributed by atoms with Gasteiger partial charge in [0, 0.05) is 37.5 Å². The van der Waals surface area contributed by atoms with E-state index in [0.717, 1.165) is 19.3 Å². The van der Waals surface area contributed by atoms with Crippen LogP contribution in [0.4, 0.5) is 0 Å². The molecule has 108 valence electrons. The first-order valence-corrected chi connectivity index (χ1v) is 6.26. The average Bonchev–Trinajstić information content (AvgIpc) is 2.37. The zero-order chi connectivity index (χ0) is 13.5. The summed E-state index contributed by atoms with van der Waals surface area (Å²) in [5, 5.41) is 2.85. The summed E-state index contributed by atoms with van der Waals surface area (Å²) in [4.78, 5) is 23.4. The Kier molecular flexibility index (Phi) is 8.11. The predicted molar refractivity (Wildman–Crippen MR) is 78.8 cm³/mol. The summed E-state index contributed by atoms with van der Waals surface area (Å²) in [6.45, 7) is 2.51. The van der Waals surface area contributed by atoms with Gasteiger partial charge >= 0.3 is 0 Å². The van der Waals surface area contributed by atoms with Crippen molar-refractivity contribution >= 4 is 18.3 Å². The second kappa shape index (κ2) is 8.72. The summed E-state index contributed by atoms with van der Waals surface area (Å²) in [6.07, 6.45) is 4.54. The van der Waals surface area contributed by atoms with E-state index in [1.165, 1.54) is 10.6 Å². The van der Waals surface area contributed by atoms with Crippen LogP contribution in [0.25, 0.3) is 0 Å². The Bertz CT molecular complexity index is 459. The van der Waals surface area contributed by atoms with E-state index < -0.39 is 0 Å². The Labute approximate surface area is 119 Å². The van der Waals surface area contributed by atoms with Gasteiger partial charge in [0.05, 0.1) is 0 Å². The number of carbonyl (C=O) groups excluding carboxylic acids is 1. The molecule has 0 radical (unpaired) electrons. The lowest BCUT2D eigenvalue weighted by molar-refractivity contribution is 0.0935. The normalized spacial score (nSPS) is 11.5. The number of nitrogens with two attached hydrogens (primary N) is 1. The van der Waals surface area contributed by atoms with Crippen molar-refractivity contribution in [1.29, 1.82) is 0 Å². The molecular weight excluding hydrogens is 266 g/mol. The van der Waals surface area contributed by atoms with Crippen LogP contribution in [-0.4, -0.2) is 23.1 Å². The van der Waals surface area contributed by atoms with Crippen LogP contribution in [0.3, 0.4) is 0 Å².